The molecule has 0 aromatic carbocycles. The quantitative estimate of drug-likeness (QED) is 0.553. The number of carbonyl (C=O) groups is 1. The molecule has 0 saturated heterocycles. The molecule has 0 bridgehead atoms. The number of ketones is 1. The second kappa shape index (κ2) is 11.5. The fraction of sp³-hybridized carbons (Fsp3) is 0.778. The lowest BCUT2D eigenvalue weighted by atomic mass is 10.2. The Balaban J connectivity index is 0. The number of hydrogen-bond donors (Lipinski definition) is 0. The van der Waals surface area contributed by atoms with Crippen molar-refractivity contribution in [2.45, 2.75) is 46.5 Å². The van der Waals surface area contributed by atoms with Crippen molar-refractivity contribution in [1.29, 1.82) is 0 Å². The molecule has 0 saturated carbocycles. The van der Waals surface area contributed by atoms with Crippen molar-refractivity contribution in [2.75, 3.05) is 0 Å². The topological polar surface area (TPSA) is 17.1 Å². The van der Waals surface area contributed by atoms with Gasteiger partial charge in [0.25, 0.3) is 0 Å². The zero-order valence-electron chi connectivity index (χ0n) is 7.44. The molecule has 0 aromatic heterocycles. The van der Waals surface area contributed by atoms with E-state index >= 15 is 0 Å². The first-order valence-electron chi connectivity index (χ1n) is 3.97. The zero-order chi connectivity index (χ0) is 8.41. The van der Waals surface area contributed by atoms with E-state index in [1.165, 1.54) is 12.8 Å². The number of rotatable bonds is 4. The highest BCUT2D eigenvalue weighted by molar-refractivity contribution is 5.75. The zero-order valence-corrected chi connectivity index (χ0v) is 7.44. The van der Waals surface area contributed by atoms with Gasteiger partial charge in [0.15, 0.2) is 0 Å². The van der Waals surface area contributed by atoms with Crippen molar-refractivity contribution in [1.82, 2.24) is 0 Å². The average Bonchev–Trinajstić information content (AvgIpc) is 1.92. The highest BCUT2D eigenvalue weighted by Gasteiger charge is 1.89. The smallest absolute Gasteiger partial charge is 0.129 e. The molecule has 0 amide bonds. The Hall–Kier alpha value is -0.330. The molecule has 1 heteroatoms. The molecular weight excluding hydrogens is 124 g/mol. The van der Waals surface area contributed by atoms with E-state index in [2.05, 4.69) is 13.8 Å². The van der Waals surface area contributed by atoms with Crippen molar-refractivity contribution in [3.8, 4) is 0 Å². The highest BCUT2D eigenvalue weighted by Crippen LogP contribution is 1.98. The standard InChI is InChI=1S/C7H14O.C2H5/c1-3-4-5-6-7(2)8;1-2/h3-6H2,1-2H3;1H2,2H3. The Kier molecular flexibility index (Phi) is 14.2. The molecule has 0 rings (SSSR count). The number of carbonyl (C=O) groups excluding carboxylic acids is 1. The van der Waals surface area contributed by atoms with Crippen LogP contribution in [-0.2, 0) is 4.79 Å². The highest BCUT2D eigenvalue weighted by atomic mass is 16.1. The molecular formula is C9H19O. The van der Waals surface area contributed by atoms with Crippen LogP contribution in [0.1, 0.15) is 46.5 Å². The maximum absolute atomic E-state index is 10.3. The first-order valence-corrected chi connectivity index (χ1v) is 3.97. The lowest BCUT2D eigenvalue weighted by molar-refractivity contribution is -0.117. The summed E-state index contributed by atoms with van der Waals surface area (Å²) in [7, 11) is 0. The van der Waals surface area contributed by atoms with Gasteiger partial charge in [-0.25, -0.2) is 0 Å². The summed E-state index contributed by atoms with van der Waals surface area (Å²) in [5, 5.41) is 0. The van der Waals surface area contributed by atoms with Crippen LogP contribution in [0.3, 0.4) is 0 Å². The van der Waals surface area contributed by atoms with Gasteiger partial charge in [-0.15, -0.1) is 0 Å². The predicted molar refractivity (Wildman–Crippen MR) is 45.9 cm³/mol. The van der Waals surface area contributed by atoms with Crippen LogP contribution in [0, 0.1) is 6.92 Å². The van der Waals surface area contributed by atoms with Crippen LogP contribution in [0.25, 0.3) is 0 Å². The summed E-state index contributed by atoms with van der Waals surface area (Å²) in [5.74, 6) is 0.318. The van der Waals surface area contributed by atoms with Crippen molar-refractivity contribution >= 4 is 5.78 Å². The monoisotopic (exact) mass is 143 g/mol. The Bertz CT molecular complexity index is 67.1. The van der Waals surface area contributed by atoms with Crippen LogP contribution in [-0.4, -0.2) is 5.78 Å². The minimum Gasteiger partial charge on any atom is -0.300 e. The molecule has 1 radical (unpaired) electrons. The Labute approximate surface area is 64.8 Å². The summed E-state index contributed by atoms with van der Waals surface area (Å²) in [6.07, 6.45) is 4.24. The van der Waals surface area contributed by atoms with Gasteiger partial charge in [0.1, 0.15) is 5.78 Å². The third-order valence-corrected chi connectivity index (χ3v) is 1.13. The van der Waals surface area contributed by atoms with Gasteiger partial charge in [-0.05, 0) is 13.3 Å². The van der Waals surface area contributed by atoms with Crippen LogP contribution in [0.15, 0.2) is 0 Å². The summed E-state index contributed by atoms with van der Waals surface area (Å²) in [4.78, 5) is 10.3. The normalized spacial score (nSPS) is 8.00. The van der Waals surface area contributed by atoms with Crippen LogP contribution in [0.4, 0.5) is 0 Å². The molecule has 0 unspecified atom stereocenters. The summed E-state index contributed by atoms with van der Waals surface area (Å²) < 4.78 is 0. The first kappa shape index (κ1) is 12.4. The maximum Gasteiger partial charge on any atom is 0.129 e. The third-order valence-electron chi connectivity index (χ3n) is 1.13. The molecule has 0 aliphatic rings. The molecule has 0 heterocycles. The van der Waals surface area contributed by atoms with Gasteiger partial charge in [0, 0.05) is 6.42 Å². The fourth-order valence-electron chi connectivity index (χ4n) is 0.624. The van der Waals surface area contributed by atoms with Crippen molar-refractivity contribution in [3.05, 3.63) is 6.92 Å². The summed E-state index contributed by atoms with van der Waals surface area (Å²) in [6, 6.07) is 0. The summed E-state index contributed by atoms with van der Waals surface area (Å²) in [5.41, 5.74) is 0. The van der Waals surface area contributed by atoms with Crippen LogP contribution < -0.4 is 0 Å². The fourth-order valence-corrected chi connectivity index (χ4v) is 0.624. The van der Waals surface area contributed by atoms with E-state index in [4.69, 9.17) is 0 Å². The molecule has 0 N–H and O–H groups in total. The SMILES string of the molecule is CCCCCC(C)=O.[CH2]C. The largest absolute Gasteiger partial charge is 0.300 e. The minimum absolute atomic E-state index is 0.318. The average molecular weight is 143 g/mol. The second-order valence-corrected chi connectivity index (χ2v) is 2.16. The second-order valence-electron chi connectivity index (χ2n) is 2.16. The third kappa shape index (κ3) is 15.6. The van der Waals surface area contributed by atoms with Gasteiger partial charge in [0.05, 0.1) is 0 Å². The van der Waals surface area contributed by atoms with E-state index < -0.39 is 0 Å². The molecule has 0 atom stereocenters. The van der Waals surface area contributed by atoms with E-state index in [1.807, 2.05) is 0 Å². The molecule has 61 valence electrons. The van der Waals surface area contributed by atoms with E-state index in [9.17, 15) is 4.79 Å². The van der Waals surface area contributed by atoms with Crippen LogP contribution in [0.5, 0.6) is 0 Å². The Morgan fingerprint density at radius 3 is 2.10 bits per heavy atom. The lowest BCUT2D eigenvalue weighted by Gasteiger charge is -1.90. The van der Waals surface area contributed by atoms with E-state index in [0.29, 0.717) is 5.78 Å². The Morgan fingerprint density at radius 2 is 1.80 bits per heavy atom. The van der Waals surface area contributed by atoms with Gasteiger partial charge >= 0.3 is 0 Å². The van der Waals surface area contributed by atoms with Gasteiger partial charge < -0.3 is 4.79 Å². The van der Waals surface area contributed by atoms with Crippen molar-refractivity contribution in [2.24, 2.45) is 0 Å². The van der Waals surface area contributed by atoms with Crippen molar-refractivity contribution < 1.29 is 4.79 Å². The van der Waals surface area contributed by atoms with Crippen LogP contribution >= 0.6 is 0 Å². The van der Waals surface area contributed by atoms with E-state index in [-0.39, 0.29) is 0 Å². The molecule has 1 nitrogen and oxygen atoms in total. The van der Waals surface area contributed by atoms with Crippen molar-refractivity contribution in [3.63, 3.8) is 0 Å². The summed E-state index contributed by atoms with van der Waals surface area (Å²) >= 11 is 0. The predicted octanol–water partition coefficient (Wildman–Crippen LogP) is 3.00. The van der Waals surface area contributed by atoms with Crippen LogP contribution in [0.2, 0.25) is 0 Å². The minimum atomic E-state index is 0.318. The first-order chi connectivity index (χ1) is 4.77. The molecule has 0 fully saturated rings. The number of hydrogen-bond acceptors (Lipinski definition) is 1. The van der Waals surface area contributed by atoms with Gasteiger partial charge in [-0.1, -0.05) is 33.6 Å². The number of Topliss-reactive ketones (excluding diaryl/α,β-unsaturated/α-hetero) is 1. The van der Waals surface area contributed by atoms with E-state index in [0.717, 1.165) is 12.8 Å². The van der Waals surface area contributed by atoms with E-state index in [1.54, 1.807) is 13.8 Å². The molecule has 0 aromatic rings. The van der Waals surface area contributed by atoms with Gasteiger partial charge in [0.2, 0.25) is 0 Å². The van der Waals surface area contributed by atoms with Gasteiger partial charge in [-0.2, -0.15) is 0 Å². The summed E-state index contributed by atoms with van der Waals surface area (Å²) in [6.45, 7) is 8.79. The van der Waals surface area contributed by atoms with Gasteiger partial charge in [-0.3, -0.25) is 0 Å². The lowest BCUT2D eigenvalue weighted by Crippen LogP contribution is -1.87. The molecule has 0 spiro atoms. The molecule has 10 heavy (non-hydrogen) atoms. The molecule has 0 aliphatic carbocycles. The maximum atomic E-state index is 10.3. The Morgan fingerprint density at radius 1 is 1.30 bits per heavy atom. The number of unbranched alkanes of at least 4 members (excludes halogenated alkanes) is 2. The molecule has 0 aliphatic heterocycles.